The molecule has 0 aliphatic heterocycles. The summed E-state index contributed by atoms with van der Waals surface area (Å²) in [6.45, 7) is 1.35. The maximum Gasteiger partial charge on any atom is 0.416 e. The number of carbonyl (C=O) groups excluding carboxylic acids is 2. The average molecular weight is 449 g/mol. The summed E-state index contributed by atoms with van der Waals surface area (Å²) in [6, 6.07) is 9.30. The predicted molar refractivity (Wildman–Crippen MR) is 106 cm³/mol. The van der Waals surface area contributed by atoms with E-state index in [1.165, 1.54) is 12.3 Å². The van der Waals surface area contributed by atoms with Gasteiger partial charge in [0.15, 0.2) is 6.61 Å². The molecule has 168 valence electrons. The monoisotopic (exact) mass is 449 g/mol. The van der Waals surface area contributed by atoms with Gasteiger partial charge in [0.05, 0.1) is 29.4 Å². The van der Waals surface area contributed by atoms with Crippen LogP contribution in [-0.4, -0.2) is 41.6 Å². The third-order valence-corrected chi connectivity index (χ3v) is 4.00. The predicted octanol–water partition coefficient (Wildman–Crippen LogP) is 3.50. The maximum absolute atomic E-state index is 12.8. The Hall–Kier alpha value is -3.89. The summed E-state index contributed by atoms with van der Waals surface area (Å²) in [5.41, 5.74) is -0.459. The van der Waals surface area contributed by atoms with Crippen molar-refractivity contribution in [1.82, 2.24) is 15.3 Å². The normalized spacial score (nSPS) is 11.1. The summed E-state index contributed by atoms with van der Waals surface area (Å²) in [7, 11) is 0. The summed E-state index contributed by atoms with van der Waals surface area (Å²) in [6.07, 6.45) is -3.24. The largest absolute Gasteiger partial charge is 0.484 e. The van der Waals surface area contributed by atoms with Crippen LogP contribution in [0.3, 0.4) is 0 Å². The summed E-state index contributed by atoms with van der Waals surface area (Å²) in [5, 5.41) is 2.37. The molecule has 0 aliphatic carbocycles. The van der Waals surface area contributed by atoms with Gasteiger partial charge < -0.3 is 19.5 Å². The fraction of sp³-hybridized carbons (Fsp3) is 0.238. The summed E-state index contributed by atoms with van der Waals surface area (Å²) < 4.78 is 54.0. The van der Waals surface area contributed by atoms with Crippen molar-refractivity contribution in [1.29, 1.82) is 0 Å². The van der Waals surface area contributed by atoms with Gasteiger partial charge in [-0.1, -0.05) is 0 Å². The molecule has 1 amide bonds. The van der Waals surface area contributed by atoms with Crippen molar-refractivity contribution in [3.05, 3.63) is 54.2 Å². The van der Waals surface area contributed by atoms with Crippen molar-refractivity contribution < 1.29 is 37.0 Å². The number of hydrogen-bond acceptors (Lipinski definition) is 7. The van der Waals surface area contributed by atoms with Crippen molar-refractivity contribution >= 4 is 22.9 Å². The molecule has 32 heavy (non-hydrogen) atoms. The van der Waals surface area contributed by atoms with E-state index >= 15 is 0 Å². The number of amides is 1. The topological polar surface area (TPSA) is 99.6 Å². The molecule has 0 spiro atoms. The average Bonchev–Trinajstić information content (AvgIpc) is 2.76. The third kappa shape index (κ3) is 6.30. The Morgan fingerprint density at radius 3 is 2.44 bits per heavy atom. The van der Waals surface area contributed by atoms with Gasteiger partial charge in [0.2, 0.25) is 5.88 Å². The van der Waals surface area contributed by atoms with Gasteiger partial charge in [-0.05, 0) is 49.4 Å². The highest BCUT2D eigenvalue weighted by Gasteiger charge is 2.30. The molecule has 1 heterocycles. The Morgan fingerprint density at radius 1 is 1.03 bits per heavy atom. The lowest BCUT2D eigenvalue weighted by molar-refractivity contribution is -0.143. The number of aromatic nitrogens is 2. The first-order valence-corrected chi connectivity index (χ1v) is 9.41. The van der Waals surface area contributed by atoms with Gasteiger partial charge in [-0.15, -0.1) is 0 Å². The molecule has 1 N–H and O–H groups in total. The smallest absolute Gasteiger partial charge is 0.416 e. The zero-order valence-corrected chi connectivity index (χ0v) is 16.8. The quantitative estimate of drug-likeness (QED) is 0.526. The number of carbonyl (C=O) groups is 2. The van der Waals surface area contributed by atoms with Crippen LogP contribution < -0.4 is 14.8 Å². The van der Waals surface area contributed by atoms with Crippen molar-refractivity contribution in [2.24, 2.45) is 0 Å². The third-order valence-electron chi connectivity index (χ3n) is 4.00. The minimum absolute atomic E-state index is 0.0946. The van der Waals surface area contributed by atoms with Crippen LogP contribution in [0.4, 0.5) is 13.2 Å². The Balaban J connectivity index is 1.55. The molecule has 11 heteroatoms. The lowest BCUT2D eigenvalue weighted by atomic mass is 10.2. The van der Waals surface area contributed by atoms with E-state index < -0.39 is 23.6 Å². The van der Waals surface area contributed by atoms with Gasteiger partial charge in [-0.25, -0.2) is 9.97 Å². The number of nitrogens with one attached hydrogen (secondary N) is 1. The van der Waals surface area contributed by atoms with Crippen molar-refractivity contribution in [3.63, 3.8) is 0 Å². The summed E-state index contributed by atoms with van der Waals surface area (Å²) in [5.74, 6) is -0.166. The highest BCUT2D eigenvalue weighted by Crippen LogP contribution is 2.31. The number of esters is 1. The Labute approximate surface area is 180 Å². The van der Waals surface area contributed by atoms with E-state index in [1.807, 2.05) is 0 Å². The molecule has 8 nitrogen and oxygen atoms in total. The molecule has 3 rings (SSSR count). The van der Waals surface area contributed by atoms with Gasteiger partial charge in [0.1, 0.15) is 18.0 Å². The Bertz CT molecular complexity index is 1100. The van der Waals surface area contributed by atoms with Crippen LogP contribution in [0.2, 0.25) is 0 Å². The van der Waals surface area contributed by atoms with Gasteiger partial charge in [-0.2, -0.15) is 13.2 Å². The molecule has 0 aliphatic rings. The fourth-order valence-corrected chi connectivity index (χ4v) is 2.53. The van der Waals surface area contributed by atoms with Gasteiger partial charge >= 0.3 is 12.1 Å². The molecule has 0 bridgehead atoms. The molecule has 0 saturated heterocycles. The lowest BCUT2D eigenvalue weighted by Gasteiger charge is -2.09. The van der Waals surface area contributed by atoms with E-state index in [0.717, 1.165) is 12.1 Å². The lowest BCUT2D eigenvalue weighted by Crippen LogP contribution is -2.34. The van der Waals surface area contributed by atoms with E-state index in [2.05, 4.69) is 15.3 Å². The minimum Gasteiger partial charge on any atom is -0.484 e. The molecular weight excluding hydrogens is 431 g/mol. The molecule has 3 aromatic rings. The molecule has 1 aromatic heterocycles. The van der Waals surface area contributed by atoms with Crippen LogP contribution in [0, 0.1) is 0 Å². The first kappa shape index (κ1) is 22.8. The standard InChI is InChI=1S/C21H18F3N3O5/c1-2-30-20(29)11-26-18(28)12-31-14-4-6-15(7-5-14)32-19-10-25-17-9-13(21(22,23)24)3-8-16(17)27-19/h3-10H,2,11-12H2,1H3,(H,26,28). The number of ether oxygens (including phenoxy) is 3. The van der Waals surface area contributed by atoms with Crippen LogP contribution in [-0.2, 0) is 20.5 Å². The molecule has 0 unspecified atom stereocenters. The minimum atomic E-state index is -4.46. The molecule has 0 saturated carbocycles. The van der Waals surface area contributed by atoms with Crippen LogP contribution in [0.5, 0.6) is 17.4 Å². The second kappa shape index (κ2) is 9.94. The Kier molecular flexibility index (Phi) is 7.08. The van der Waals surface area contributed by atoms with Gasteiger partial charge in [-0.3, -0.25) is 9.59 Å². The number of rotatable bonds is 8. The number of hydrogen-bond donors (Lipinski definition) is 1. The summed E-state index contributed by atoms with van der Waals surface area (Å²) >= 11 is 0. The molecule has 0 fully saturated rings. The number of fused-ring (bicyclic) bond motifs is 1. The number of benzene rings is 2. The van der Waals surface area contributed by atoms with Gasteiger partial charge in [0, 0.05) is 0 Å². The highest BCUT2D eigenvalue weighted by molar-refractivity contribution is 5.82. The highest BCUT2D eigenvalue weighted by atomic mass is 19.4. The first-order chi connectivity index (χ1) is 15.2. The van der Waals surface area contributed by atoms with E-state index in [0.29, 0.717) is 11.5 Å². The molecular formula is C21H18F3N3O5. The zero-order valence-electron chi connectivity index (χ0n) is 16.8. The van der Waals surface area contributed by atoms with E-state index in [-0.39, 0.29) is 36.7 Å². The van der Waals surface area contributed by atoms with Crippen molar-refractivity contribution in [2.45, 2.75) is 13.1 Å². The van der Waals surface area contributed by atoms with Gasteiger partial charge in [0.25, 0.3) is 5.91 Å². The number of alkyl halides is 3. The van der Waals surface area contributed by atoms with Crippen LogP contribution in [0.25, 0.3) is 11.0 Å². The van der Waals surface area contributed by atoms with E-state index in [1.54, 1.807) is 31.2 Å². The second-order valence-corrected chi connectivity index (χ2v) is 6.35. The molecule has 0 atom stereocenters. The van der Waals surface area contributed by atoms with Crippen LogP contribution >= 0.6 is 0 Å². The van der Waals surface area contributed by atoms with E-state index in [4.69, 9.17) is 14.2 Å². The van der Waals surface area contributed by atoms with Crippen LogP contribution in [0.1, 0.15) is 12.5 Å². The first-order valence-electron chi connectivity index (χ1n) is 9.41. The van der Waals surface area contributed by atoms with Crippen molar-refractivity contribution in [3.8, 4) is 17.4 Å². The molecule has 0 radical (unpaired) electrons. The Morgan fingerprint density at radius 2 is 1.75 bits per heavy atom. The van der Waals surface area contributed by atoms with Crippen molar-refractivity contribution in [2.75, 3.05) is 19.8 Å². The maximum atomic E-state index is 12.8. The second-order valence-electron chi connectivity index (χ2n) is 6.35. The van der Waals surface area contributed by atoms with E-state index in [9.17, 15) is 22.8 Å². The SMILES string of the molecule is CCOC(=O)CNC(=O)COc1ccc(Oc2cnc3cc(C(F)(F)F)ccc3n2)cc1. The fourth-order valence-electron chi connectivity index (χ4n) is 2.53. The summed E-state index contributed by atoms with van der Waals surface area (Å²) in [4.78, 5) is 31.0. The molecule has 2 aromatic carbocycles. The number of halogens is 3. The van der Waals surface area contributed by atoms with Crippen LogP contribution in [0.15, 0.2) is 48.7 Å². The number of nitrogens with zero attached hydrogens (tertiary/aromatic N) is 2. The zero-order chi connectivity index (χ0) is 23.1.